The van der Waals surface area contributed by atoms with Crippen molar-refractivity contribution in [2.45, 2.75) is 23.1 Å². The molecule has 0 aliphatic carbocycles. The summed E-state index contributed by atoms with van der Waals surface area (Å²) in [7, 11) is 1.64. The van der Waals surface area contributed by atoms with Crippen molar-refractivity contribution in [1.29, 1.82) is 0 Å². The number of methoxy groups -OCH3 is 1. The molecule has 0 radical (unpaired) electrons. The normalized spacial score (nSPS) is 21.6. The minimum Gasteiger partial charge on any atom is -0.496 e. The molecule has 0 aromatic heterocycles. The third kappa shape index (κ3) is 3.47. The Bertz CT molecular complexity index is 918. The summed E-state index contributed by atoms with van der Waals surface area (Å²) in [6, 6.07) is 13.2. The second-order valence-corrected chi connectivity index (χ2v) is 8.30. The van der Waals surface area contributed by atoms with Crippen LogP contribution in [0.25, 0.3) is 0 Å². The zero-order valence-corrected chi connectivity index (χ0v) is 16.7. The van der Waals surface area contributed by atoms with Gasteiger partial charge in [-0.15, -0.1) is 11.8 Å². The molecule has 2 aliphatic heterocycles. The molecule has 2 aliphatic rings. The number of piperazine rings is 1. The molecule has 146 valence electrons. The van der Waals surface area contributed by atoms with Crippen LogP contribution in [0.2, 0.25) is 0 Å². The summed E-state index contributed by atoms with van der Waals surface area (Å²) >= 11 is 1.51. The van der Waals surface area contributed by atoms with Gasteiger partial charge in [0, 0.05) is 35.7 Å². The summed E-state index contributed by atoms with van der Waals surface area (Å²) in [5.41, 5.74) is 2.28. The quantitative estimate of drug-likeness (QED) is 0.833. The van der Waals surface area contributed by atoms with E-state index in [9.17, 15) is 9.59 Å². The van der Waals surface area contributed by atoms with Gasteiger partial charge < -0.3 is 20.3 Å². The van der Waals surface area contributed by atoms with E-state index < -0.39 is 0 Å². The molecule has 2 unspecified atom stereocenters. The molecule has 0 spiro atoms. The standard InChI is InChI=1S/C21H23N3O3S/c1-13-20(25)23-16-11-14(7-8-19(16)28-13)21(26)24-10-9-22-12-17(24)15-5-3-4-6-18(15)27-2/h3-8,11,13,17,22H,9-10,12H2,1-2H3,(H,23,25). The predicted octanol–water partition coefficient (Wildman–Crippen LogP) is 2.91. The first-order valence-electron chi connectivity index (χ1n) is 9.34. The van der Waals surface area contributed by atoms with Gasteiger partial charge in [-0.2, -0.15) is 0 Å². The Balaban J connectivity index is 1.64. The summed E-state index contributed by atoms with van der Waals surface area (Å²) in [4.78, 5) is 28.2. The number of carbonyl (C=O) groups is 2. The number of nitrogens with one attached hydrogen (secondary N) is 2. The number of nitrogens with zero attached hydrogens (tertiary/aromatic N) is 1. The molecule has 2 aromatic carbocycles. The number of fused-ring (bicyclic) bond motifs is 1. The fraction of sp³-hybridized carbons (Fsp3) is 0.333. The average Bonchev–Trinajstić information content (AvgIpc) is 2.73. The van der Waals surface area contributed by atoms with E-state index in [0.29, 0.717) is 24.3 Å². The molecule has 1 fully saturated rings. The van der Waals surface area contributed by atoms with Crippen LogP contribution in [-0.2, 0) is 4.79 Å². The van der Waals surface area contributed by atoms with Gasteiger partial charge in [0.2, 0.25) is 5.91 Å². The van der Waals surface area contributed by atoms with Gasteiger partial charge in [-0.1, -0.05) is 18.2 Å². The maximum atomic E-state index is 13.4. The summed E-state index contributed by atoms with van der Waals surface area (Å²) < 4.78 is 5.51. The highest BCUT2D eigenvalue weighted by Gasteiger charge is 2.31. The van der Waals surface area contributed by atoms with Crippen molar-refractivity contribution in [3.63, 3.8) is 0 Å². The summed E-state index contributed by atoms with van der Waals surface area (Å²) in [6.45, 7) is 3.89. The molecule has 2 aromatic rings. The van der Waals surface area contributed by atoms with Crippen molar-refractivity contribution in [3.8, 4) is 5.75 Å². The molecule has 0 saturated carbocycles. The van der Waals surface area contributed by atoms with E-state index in [2.05, 4.69) is 10.6 Å². The number of anilines is 1. The van der Waals surface area contributed by atoms with Crippen molar-refractivity contribution in [3.05, 3.63) is 53.6 Å². The number of amides is 2. The molecular formula is C21H23N3O3S. The van der Waals surface area contributed by atoms with Crippen LogP contribution < -0.4 is 15.4 Å². The highest BCUT2D eigenvalue weighted by atomic mass is 32.2. The molecule has 28 heavy (non-hydrogen) atoms. The highest BCUT2D eigenvalue weighted by molar-refractivity contribution is 8.00. The fourth-order valence-electron chi connectivity index (χ4n) is 3.67. The first-order valence-corrected chi connectivity index (χ1v) is 10.2. The Kier molecular flexibility index (Phi) is 5.28. The van der Waals surface area contributed by atoms with Crippen molar-refractivity contribution < 1.29 is 14.3 Å². The molecule has 2 heterocycles. The Hall–Kier alpha value is -2.51. The minimum atomic E-state index is -0.128. The Labute approximate surface area is 168 Å². The van der Waals surface area contributed by atoms with Crippen LogP contribution in [0.15, 0.2) is 47.4 Å². The predicted molar refractivity (Wildman–Crippen MR) is 110 cm³/mol. The Morgan fingerprint density at radius 2 is 2.07 bits per heavy atom. The van der Waals surface area contributed by atoms with Crippen LogP contribution in [0.1, 0.15) is 28.9 Å². The van der Waals surface area contributed by atoms with Crippen LogP contribution in [0, 0.1) is 0 Å². The third-order valence-corrected chi connectivity index (χ3v) is 6.34. The Morgan fingerprint density at radius 3 is 2.89 bits per heavy atom. The molecule has 1 saturated heterocycles. The van der Waals surface area contributed by atoms with Crippen molar-refractivity contribution in [2.24, 2.45) is 0 Å². The van der Waals surface area contributed by atoms with E-state index in [1.54, 1.807) is 13.2 Å². The first kappa shape index (κ1) is 18.8. The number of benzene rings is 2. The lowest BCUT2D eigenvalue weighted by Gasteiger charge is -2.37. The molecule has 2 N–H and O–H groups in total. The molecule has 6 nitrogen and oxygen atoms in total. The van der Waals surface area contributed by atoms with Gasteiger partial charge in [0.05, 0.1) is 24.1 Å². The minimum absolute atomic E-state index is 0.0313. The topological polar surface area (TPSA) is 70.7 Å². The van der Waals surface area contributed by atoms with Crippen LogP contribution in [0.4, 0.5) is 5.69 Å². The second kappa shape index (κ2) is 7.85. The smallest absolute Gasteiger partial charge is 0.254 e. The van der Waals surface area contributed by atoms with Gasteiger partial charge in [-0.05, 0) is 31.2 Å². The number of hydrogen-bond acceptors (Lipinski definition) is 5. The van der Waals surface area contributed by atoms with Crippen LogP contribution in [0.5, 0.6) is 5.75 Å². The van der Waals surface area contributed by atoms with Gasteiger partial charge in [-0.3, -0.25) is 9.59 Å². The monoisotopic (exact) mass is 397 g/mol. The number of para-hydroxylation sites is 1. The van der Waals surface area contributed by atoms with E-state index in [4.69, 9.17) is 4.74 Å². The molecular weight excluding hydrogens is 374 g/mol. The lowest BCUT2D eigenvalue weighted by atomic mass is 10.0. The molecule has 2 amide bonds. The maximum absolute atomic E-state index is 13.4. The SMILES string of the molecule is COc1ccccc1C1CNCCN1C(=O)c1ccc2c(c1)NC(=O)C(C)S2. The van der Waals surface area contributed by atoms with Crippen LogP contribution in [0.3, 0.4) is 0 Å². The van der Waals surface area contributed by atoms with Crippen molar-refractivity contribution >= 4 is 29.3 Å². The molecule has 7 heteroatoms. The van der Waals surface area contributed by atoms with Crippen molar-refractivity contribution in [2.75, 3.05) is 32.1 Å². The van der Waals surface area contributed by atoms with Gasteiger partial charge in [0.1, 0.15) is 5.75 Å². The zero-order valence-electron chi connectivity index (χ0n) is 15.9. The van der Waals surface area contributed by atoms with Crippen LogP contribution in [-0.4, -0.2) is 48.7 Å². The van der Waals surface area contributed by atoms with E-state index in [0.717, 1.165) is 22.8 Å². The summed E-state index contributed by atoms with van der Waals surface area (Å²) in [5, 5.41) is 6.15. The first-order chi connectivity index (χ1) is 13.6. The van der Waals surface area contributed by atoms with Crippen molar-refractivity contribution in [1.82, 2.24) is 10.2 Å². The van der Waals surface area contributed by atoms with E-state index in [-0.39, 0.29) is 23.1 Å². The highest BCUT2D eigenvalue weighted by Crippen LogP contribution is 2.37. The fourth-order valence-corrected chi connectivity index (χ4v) is 4.60. The van der Waals surface area contributed by atoms with Crippen LogP contribution >= 0.6 is 11.8 Å². The average molecular weight is 398 g/mol. The largest absolute Gasteiger partial charge is 0.496 e. The van der Waals surface area contributed by atoms with Gasteiger partial charge in [0.15, 0.2) is 0 Å². The van der Waals surface area contributed by atoms with Gasteiger partial charge >= 0.3 is 0 Å². The van der Waals surface area contributed by atoms with E-state index in [1.165, 1.54) is 11.8 Å². The number of ether oxygens (including phenoxy) is 1. The number of carbonyl (C=O) groups excluding carboxylic acids is 2. The zero-order chi connectivity index (χ0) is 19.7. The second-order valence-electron chi connectivity index (χ2n) is 6.92. The number of rotatable bonds is 3. The number of hydrogen-bond donors (Lipinski definition) is 2. The molecule has 2 atom stereocenters. The van der Waals surface area contributed by atoms with Gasteiger partial charge in [-0.25, -0.2) is 0 Å². The molecule has 4 rings (SSSR count). The summed E-state index contributed by atoms with van der Waals surface area (Å²) in [5.74, 6) is 0.700. The third-order valence-electron chi connectivity index (χ3n) is 5.16. The number of thioether (sulfide) groups is 1. The van der Waals surface area contributed by atoms with E-state index in [1.807, 2.05) is 48.2 Å². The van der Waals surface area contributed by atoms with Gasteiger partial charge in [0.25, 0.3) is 5.91 Å². The summed E-state index contributed by atoms with van der Waals surface area (Å²) in [6.07, 6.45) is 0. The lowest BCUT2D eigenvalue weighted by Crippen LogP contribution is -2.48. The lowest BCUT2D eigenvalue weighted by molar-refractivity contribution is -0.115. The maximum Gasteiger partial charge on any atom is 0.254 e. The molecule has 0 bridgehead atoms. The Morgan fingerprint density at radius 1 is 1.25 bits per heavy atom. The van der Waals surface area contributed by atoms with E-state index >= 15 is 0 Å².